The zero-order chi connectivity index (χ0) is 9.68. The number of ether oxygens (including phenoxy) is 1. The van der Waals surface area contributed by atoms with Crippen molar-refractivity contribution in [1.82, 2.24) is 9.97 Å². The summed E-state index contributed by atoms with van der Waals surface area (Å²) in [5, 5.41) is 0.746. The Kier molecular flexibility index (Phi) is 3.82. The Hall–Kier alpha value is -0.970. The predicted molar refractivity (Wildman–Crippen MR) is 50.9 cm³/mol. The second-order valence-electron chi connectivity index (χ2n) is 2.28. The van der Waals surface area contributed by atoms with Gasteiger partial charge in [0.2, 0.25) is 0 Å². The molecular weight excluding hydrogens is 236 g/mol. The van der Waals surface area contributed by atoms with Crippen LogP contribution in [0.4, 0.5) is 0 Å². The monoisotopic (exact) mass is 244 g/mol. The molecule has 5 heteroatoms. The van der Waals surface area contributed by atoms with Gasteiger partial charge in [-0.15, -0.1) is 0 Å². The van der Waals surface area contributed by atoms with Gasteiger partial charge in [-0.25, -0.2) is 9.78 Å². The van der Waals surface area contributed by atoms with E-state index in [0.29, 0.717) is 17.8 Å². The maximum atomic E-state index is 11.2. The van der Waals surface area contributed by atoms with Crippen LogP contribution in [0, 0.1) is 0 Å². The lowest BCUT2D eigenvalue weighted by atomic mass is 10.2. The van der Waals surface area contributed by atoms with E-state index in [1.807, 2.05) is 0 Å². The molecule has 1 rings (SSSR count). The van der Waals surface area contributed by atoms with Crippen LogP contribution in [0.5, 0.6) is 0 Å². The number of carbonyl (C=O) groups is 1. The van der Waals surface area contributed by atoms with Crippen molar-refractivity contribution in [3.63, 3.8) is 0 Å². The van der Waals surface area contributed by atoms with E-state index in [-0.39, 0.29) is 0 Å². The third-order valence-corrected chi connectivity index (χ3v) is 1.88. The third kappa shape index (κ3) is 2.48. The molecule has 1 aromatic heterocycles. The molecule has 0 bridgehead atoms. The highest BCUT2D eigenvalue weighted by atomic mass is 79.9. The fourth-order valence-corrected chi connectivity index (χ4v) is 1.28. The minimum Gasteiger partial charge on any atom is -0.464 e. The second-order valence-corrected chi connectivity index (χ2v) is 3.08. The molecule has 0 aromatic carbocycles. The van der Waals surface area contributed by atoms with Gasteiger partial charge in [-0.2, -0.15) is 0 Å². The number of hydrogen-bond acceptors (Lipinski definition) is 4. The van der Waals surface area contributed by atoms with Gasteiger partial charge in [0, 0.05) is 24.1 Å². The summed E-state index contributed by atoms with van der Waals surface area (Å²) in [6.07, 6.45) is 3.70. The summed E-state index contributed by atoms with van der Waals surface area (Å²) < 4.78 is 4.57. The quantitative estimate of drug-likeness (QED) is 0.593. The fourth-order valence-electron chi connectivity index (χ4n) is 0.906. The van der Waals surface area contributed by atoms with E-state index in [1.165, 1.54) is 13.3 Å². The van der Waals surface area contributed by atoms with Crippen molar-refractivity contribution >= 4 is 21.9 Å². The molecule has 0 fully saturated rings. The summed E-state index contributed by atoms with van der Waals surface area (Å²) in [4.78, 5) is 19.1. The minimum absolute atomic E-state index is 0.296. The molecule has 0 radical (unpaired) electrons. The third-order valence-electron chi connectivity index (χ3n) is 1.48. The number of halogens is 1. The van der Waals surface area contributed by atoms with E-state index in [9.17, 15) is 4.79 Å². The van der Waals surface area contributed by atoms with Gasteiger partial charge >= 0.3 is 5.97 Å². The number of alkyl halides is 1. The maximum absolute atomic E-state index is 11.2. The first-order valence-corrected chi connectivity index (χ1v) is 4.86. The highest BCUT2D eigenvalue weighted by molar-refractivity contribution is 9.09. The molecule has 0 aliphatic carbocycles. The van der Waals surface area contributed by atoms with Crippen LogP contribution >= 0.6 is 15.9 Å². The van der Waals surface area contributed by atoms with Crippen LogP contribution < -0.4 is 0 Å². The Morgan fingerprint density at radius 1 is 1.54 bits per heavy atom. The number of aromatic nitrogens is 2. The second kappa shape index (κ2) is 4.91. The van der Waals surface area contributed by atoms with Gasteiger partial charge in [0.1, 0.15) is 0 Å². The molecule has 0 unspecified atom stereocenters. The van der Waals surface area contributed by atoms with Crippen LogP contribution in [0.2, 0.25) is 0 Å². The van der Waals surface area contributed by atoms with Crippen molar-refractivity contribution in [2.24, 2.45) is 0 Å². The molecule has 0 atom stereocenters. The number of nitrogens with zero attached hydrogens (tertiary/aromatic N) is 2. The molecule has 70 valence electrons. The summed E-state index contributed by atoms with van der Waals surface area (Å²) in [6, 6.07) is 0. The largest absolute Gasteiger partial charge is 0.464 e. The van der Waals surface area contributed by atoms with Gasteiger partial charge in [0.05, 0.1) is 12.8 Å². The van der Waals surface area contributed by atoms with Crippen molar-refractivity contribution in [2.45, 2.75) is 6.42 Å². The van der Waals surface area contributed by atoms with Crippen molar-refractivity contribution < 1.29 is 9.53 Å². The first-order chi connectivity index (χ1) is 6.29. The number of esters is 1. The normalized spacial score (nSPS) is 9.69. The van der Waals surface area contributed by atoms with Gasteiger partial charge in [-0.1, -0.05) is 15.9 Å². The molecule has 1 heterocycles. The van der Waals surface area contributed by atoms with E-state index >= 15 is 0 Å². The van der Waals surface area contributed by atoms with Crippen molar-refractivity contribution in [2.75, 3.05) is 12.4 Å². The van der Waals surface area contributed by atoms with Crippen LogP contribution in [0.15, 0.2) is 12.4 Å². The SMILES string of the molecule is COC(=O)c1nccnc1CCBr. The lowest BCUT2D eigenvalue weighted by Crippen LogP contribution is -2.10. The minimum atomic E-state index is -0.441. The summed E-state index contributed by atoms with van der Waals surface area (Å²) in [7, 11) is 1.33. The maximum Gasteiger partial charge on any atom is 0.358 e. The number of aryl methyl sites for hydroxylation is 1. The predicted octanol–water partition coefficient (Wildman–Crippen LogP) is 1.20. The van der Waals surface area contributed by atoms with E-state index in [2.05, 4.69) is 30.6 Å². The van der Waals surface area contributed by atoms with Gasteiger partial charge in [0.15, 0.2) is 5.69 Å². The smallest absolute Gasteiger partial charge is 0.358 e. The van der Waals surface area contributed by atoms with Gasteiger partial charge < -0.3 is 4.74 Å². The summed E-state index contributed by atoms with van der Waals surface area (Å²) >= 11 is 3.27. The molecule has 4 nitrogen and oxygen atoms in total. The molecule has 0 saturated heterocycles. The van der Waals surface area contributed by atoms with Gasteiger partial charge in [-0.3, -0.25) is 4.98 Å². The van der Waals surface area contributed by atoms with Crippen LogP contribution in [0.1, 0.15) is 16.2 Å². The molecule has 13 heavy (non-hydrogen) atoms. The standard InChI is InChI=1S/C8H9BrN2O2/c1-13-8(12)7-6(2-3-9)10-4-5-11-7/h4-5H,2-3H2,1H3. The Morgan fingerprint density at radius 2 is 2.23 bits per heavy atom. The fraction of sp³-hybridized carbons (Fsp3) is 0.375. The highest BCUT2D eigenvalue weighted by Crippen LogP contribution is 2.05. The van der Waals surface area contributed by atoms with Gasteiger partial charge in [0.25, 0.3) is 0 Å². The molecule has 0 aliphatic rings. The first kappa shape index (κ1) is 10.1. The number of hydrogen-bond donors (Lipinski definition) is 0. The Labute approximate surface area is 84.5 Å². The van der Waals surface area contributed by atoms with E-state index in [4.69, 9.17) is 0 Å². The van der Waals surface area contributed by atoms with Crippen molar-refractivity contribution in [1.29, 1.82) is 0 Å². The van der Waals surface area contributed by atoms with Crippen molar-refractivity contribution in [3.05, 3.63) is 23.8 Å². The van der Waals surface area contributed by atoms with Crippen LogP contribution in [-0.2, 0) is 11.2 Å². The Balaban J connectivity index is 2.97. The molecule has 1 aromatic rings. The number of carbonyl (C=O) groups excluding carboxylic acids is 1. The van der Waals surface area contributed by atoms with E-state index in [1.54, 1.807) is 6.20 Å². The summed E-state index contributed by atoms with van der Waals surface area (Å²) in [5.74, 6) is -0.441. The average molecular weight is 245 g/mol. The average Bonchev–Trinajstić information content (AvgIpc) is 2.18. The van der Waals surface area contributed by atoms with E-state index in [0.717, 1.165) is 5.33 Å². The zero-order valence-electron chi connectivity index (χ0n) is 7.16. The van der Waals surface area contributed by atoms with Crippen LogP contribution in [-0.4, -0.2) is 28.4 Å². The first-order valence-electron chi connectivity index (χ1n) is 3.73. The summed E-state index contributed by atoms with van der Waals surface area (Å²) in [5.41, 5.74) is 0.954. The van der Waals surface area contributed by atoms with Crippen LogP contribution in [0.3, 0.4) is 0 Å². The topological polar surface area (TPSA) is 52.1 Å². The molecule has 0 N–H and O–H groups in total. The molecule has 0 spiro atoms. The molecule has 0 amide bonds. The van der Waals surface area contributed by atoms with Crippen molar-refractivity contribution in [3.8, 4) is 0 Å². The summed E-state index contributed by atoms with van der Waals surface area (Å²) in [6.45, 7) is 0. The Morgan fingerprint density at radius 3 is 2.85 bits per heavy atom. The molecule has 0 saturated carbocycles. The highest BCUT2D eigenvalue weighted by Gasteiger charge is 2.12. The number of rotatable bonds is 3. The van der Waals surface area contributed by atoms with Gasteiger partial charge in [-0.05, 0) is 0 Å². The Bertz CT molecular complexity index is 304. The molecule has 0 aliphatic heterocycles. The lowest BCUT2D eigenvalue weighted by Gasteiger charge is -2.02. The van der Waals surface area contributed by atoms with Crippen LogP contribution in [0.25, 0.3) is 0 Å². The zero-order valence-corrected chi connectivity index (χ0v) is 8.74. The number of methoxy groups -OCH3 is 1. The lowest BCUT2D eigenvalue weighted by molar-refractivity contribution is 0.0592. The molecular formula is C8H9BrN2O2. The van der Waals surface area contributed by atoms with E-state index < -0.39 is 5.97 Å².